The molecular formula is C15H22N4O3S. The van der Waals surface area contributed by atoms with Gasteiger partial charge in [-0.05, 0) is 24.4 Å². The van der Waals surface area contributed by atoms with E-state index >= 15 is 0 Å². The lowest BCUT2D eigenvalue weighted by Gasteiger charge is -2.38. The summed E-state index contributed by atoms with van der Waals surface area (Å²) >= 11 is 0.957. The Hall–Kier alpha value is -1.51. The smallest absolute Gasteiger partial charge is 0.324 e. The molecule has 0 saturated carbocycles. The molecule has 0 aromatic carbocycles. The van der Waals surface area contributed by atoms with Gasteiger partial charge >= 0.3 is 5.00 Å². The predicted octanol–water partition coefficient (Wildman–Crippen LogP) is 1.41. The number of nitrogens with zero attached hydrogens (tertiary/aromatic N) is 3. The van der Waals surface area contributed by atoms with E-state index < -0.39 is 4.92 Å². The molecule has 0 aliphatic carbocycles. The first-order valence-electron chi connectivity index (χ1n) is 7.93. The van der Waals surface area contributed by atoms with Gasteiger partial charge in [0, 0.05) is 45.3 Å². The van der Waals surface area contributed by atoms with Gasteiger partial charge in [0.1, 0.15) is 0 Å². The molecule has 2 aliphatic rings. The third kappa shape index (κ3) is 3.70. The molecule has 1 N–H and O–H groups in total. The average molecular weight is 338 g/mol. The first kappa shape index (κ1) is 16.4. The summed E-state index contributed by atoms with van der Waals surface area (Å²) in [5, 5.41) is 14.2. The quantitative estimate of drug-likeness (QED) is 0.663. The Bertz CT molecular complexity index is 589. The van der Waals surface area contributed by atoms with Gasteiger partial charge in [-0.2, -0.15) is 0 Å². The molecular weight excluding hydrogens is 316 g/mol. The van der Waals surface area contributed by atoms with E-state index in [9.17, 15) is 14.9 Å². The highest BCUT2D eigenvalue weighted by Gasteiger charge is 2.32. The fraction of sp³-hybridized carbons (Fsp3) is 0.667. The molecule has 1 atom stereocenters. The van der Waals surface area contributed by atoms with Crippen molar-refractivity contribution in [2.24, 2.45) is 5.41 Å². The predicted molar refractivity (Wildman–Crippen MR) is 88.9 cm³/mol. The lowest BCUT2D eigenvalue weighted by molar-refractivity contribution is -0.380. The lowest BCUT2D eigenvalue weighted by Crippen LogP contribution is -2.51. The Balaban J connectivity index is 1.53. The van der Waals surface area contributed by atoms with Crippen LogP contribution >= 0.6 is 11.3 Å². The van der Waals surface area contributed by atoms with Crippen LogP contribution in [0.15, 0.2) is 12.1 Å². The number of thiophene rings is 1. The van der Waals surface area contributed by atoms with Gasteiger partial charge in [-0.25, -0.2) is 0 Å². The van der Waals surface area contributed by atoms with Crippen molar-refractivity contribution in [3.63, 3.8) is 0 Å². The van der Waals surface area contributed by atoms with E-state index in [0.717, 1.165) is 44.1 Å². The van der Waals surface area contributed by atoms with E-state index in [4.69, 9.17) is 0 Å². The summed E-state index contributed by atoms with van der Waals surface area (Å²) in [7, 11) is 0. The lowest BCUT2D eigenvalue weighted by atomic mass is 9.89. The summed E-state index contributed by atoms with van der Waals surface area (Å²) in [6.45, 7) is 8.64. The summed E-state index contributed by atoms with van der Waals surface area (Å²) < 4.78 is 0. The molecule has 3 rings (SSSR count). The van der Waals surface area contributed by atoms with Gasteiger partial charge < -0.3 is 10.2 Å². The molecule has 0 spiro atoms. The molecule has 7 nitrogen and oxygen atoms in total. The molecule has 1 amide bonds. The zero-order valence-electron chi connectivity index (χ0n) is 13.3. The van der Waals surface area contributed by atoms with Gasteiger partial charge in [-0.15, -0.1) is 0 Å². The highest BCUT2D eigenvalue weighted by atomic mass is 32.1. The Labute approximate surface area is 139 Å². The maximum absolute atomic E-state index is 12.4. The van der Waals surface area contributed by atoms with Crippen LogP contribution < -0.4 is 5.32 Å². The molecule has 1 aromatic heterocycles. The van der Waals surface area contributed by atoms with Crippen molar-refractivity contribution in [2.45, 2.75) is 13.3 Å². The van der Waals surface area contributed by atoms with E-state index in [0.29, 0.717) is 23.4 Å². The molecule has 23 heavy (non-hydrogen) atoms. The maximum atomic E-state index is 12.4. The minimum Gasteiger partial charge on any atom is -0.335 e. The summed E-state index contributed by atoms with van der Waals surface area (Å²) in [5.41, 5.74) is 0.334. The molecule has 2 fully saturated rings. The number of carbonyl (C=O) groups is 1. The molecule has 0 radical (unpaired) electrons. The van der Waals surface area contributed by atoms with E-state index in [1.165, 1.54) is 12.5 Å². The van der Waals surface area contributed by atoms with Crippen molar-refractivity contribution in [3.8, 4) is 0 Å². The largest absolute Gasteiger partial charge is 0.335 e. The van der Waals surface area contributed by atoms with E-state index in [2.05, 4.69) is 17.1 Å². The van der Waals surface area contributed by atoms with Gasteiger partial charge in [-0.3, -0.25) is 19.8 Å². The molecule has 2 aliphatic heterocycles. The number of hydrogen-bond acceptors (Lipinski definition) is 6. The molecule has 3 heterocycles. The summed E-state index contributed by atoms with van der Waals surface area (Å²) in [6.07, 6.45) is 1.20. The number of amides is 1. The van der Waals surface area contributed by atoms with E-state index in [1.807, 2.05) is 0 Å². The topological polar surface area (TPSA) is 78.7 Å². The minimum atomic E-state index is -0.449. The van der Waals surface area contributed by atoms with Gasteiger partial charge in [0.25, 0.3) is 5.91 Å². The number of piperazine rings is 1. The molecule has 126 valence electrons. The highest BCUT2D eigenvalue weighted by Crippen LogP contribution is 2.27. The second-order valence-corrected chi connectivity index (χ2v) is 7.76. The van der Waals surface area contributed by atoms with Crippen LogP contribution in [0.4, 0.5) is 5.00 Å². The third-order valence-corrected chi connectivity index (χ3v) is 5.73. The van der Waals surface area contributed by atoms with Crippen molar-refractivity contribution >= 4 is 22.2 Å². The zero-order chi connectivity index (χ0) is 16.4. The zero-order valence-corrected chi connectivity index (χ0v) is 14.1. The Morgan fingerprint density at radius 1 is 1.39 bits per heavy atom. The van der Waals surface area contributed by atoms with Crippen LogP contribution in [0.3, 0.4) is 0 Å². The van der Waals surface area contributed by atoms with Crippen LogP contribution in [0.5, 0.6) is 0 Å². The number of nitro groups is 1. The average Bonchev–Trinajstić information content (AvgIpc) is 3.17. The van der Waals surface area contributed by atoms with Crippen LogP contribution in [0.2, 0.25) is 0 Å². The van der Waals surface area contributed by atoms with Gasteiger partial charge in [0.05, 0.1) is 9.80 Å². The molecule has 2 saturated heterocycles. The molecule has 1 unspecified atom stereocenters. The number of rotatable bonds is 4. The fourth-order valence-corrected chi connectivity index (χ4v) is 4.14. The van der Waals surface area contributed by atoms with Crippen LogP contribution in [-0.4, -0.2) is 66.4 Å². The monoisotopic (exact) mass is 338 g/mol. The fourth-order valence-electron chi connectivity index (χ4n) is 3.35. The van der Waals surface area contributed by atoms with Gasteiger partial charge in [0.15, 0.2) is 0 Å². The van der Waals surface area contributed by atoms with Crippen LogP contribution in [0, 0.1) is 15.5 Å². The second-order valence-electron chi connectivity index (χ2n) is 6.70. The van der Waals surface area contributed by atoms with Crippen LogP contribution in [0.25, 0.3) is 0 Å². The Morgan fingerprint density at radius 3 is 2.70 bits per heavy atom. The molecule has 1 aromatic rings. The summed E-state index contributed by atoms with van der Waals surface area (Å²) in [6, 6.07) is 2.96. The first-order valence-corrected chi connectivity index (χ1v) is 8.75. The Morgan fingerprint density at radius 2 is 2.13 bits per heavy atom. The van der Waals surface area contributed by atoms with Crippen molar-refractivity contribution in [3.05, 3.63) is 27.1 Å². The van der Waals surface area contributed by atoms with E-state index in [-0.39, 0.29) is 10.9 Å². The van der Waals surface area contributed by atoms with Crippen molar-refractivity contribution in [2.75, 3.05) is 45.8 Å². The van der Waals surface area contributed by atoms with Crippen molar-refractivity contribution < 1.29 is 9.72 Å². The standard InChI is InChI=1S/C15H22N4O3S/c1-15(4-5-16-10-15)11-17-6-8-18(9-7-17)14(20)12-2-3-13(23-12)19(21)22/h2-3,16H,4-11H2,1H3. The third-order valence-electron chi connectivity index (χ3n) is 4.70. The summed E-state index contributed by atoms with van der Waals surface area (Å²) in [4.78, 5) is 27.4. The summed E-state index contributed by atoms with van der Waals surface area (Å²) in [5.74, 6) is -0.0866. The number of nitrogens with one attached hydrogen (secondary N) is 1. The van der Waals surface area contributed by atoms with Gasteiger partial charge in [-0.1, -0.05) is 18.3 Å². The second kappa shape index (κ2) is 6.54. The van der Waals surface area contributed by atoms with Crippen molar-refractivity contribution in [1.82, 2.24) is 15.1 Å². The SMILES string of the molecule is CC1(CN2CCN(C(=O)c3ccc([N+](=O)[O-])s3)CC2)CCNC1. The molecule has 8 heteroatoms. The number of hydrogen-bond donors (Lipinski definition) is 1. The number of carbonyl (C=O) groups excluding carboxylic acids is 1. The maximum Gasteiger partial charge on any atom is 0.324 e. The highest BCUT2D eigenvalue weighted by molar-refractivity contribution is 7.17. The normalized spacial score (nSPS) is 25.7. The minimum absolute atomic E-state index is 0.0219. The first-order chi connectivity index (χ1) is 11.0. The van der Waals surface area contributed by atoms with Gasteiger partial charge in [0.2, 0.25) is 0 Å². The van der Waals surface area contributed by atoms with Crippen molar-refractivity contribution in [1.29, 1.82) is 0 Å². The van der Waals surface area contributed by atoms with E-state index in [1.54, 1.807) is 11.0 Å². The molecule has 0 bridgehead atoms. The van der Waals surface area contributed by atoms with Crippen LogP contribution in [-0.2, 0) is 0 Å². The van der Waals surface area contributed by atoms with Crippen LogP contribution in [0.1, 0.15) is 23.0 Å². The Kier molecular flexibility index (Phi) is 4.65.